The Hall–Kier alpha value is -3.15. The summed E-state index contributed by atoms with van der Waals surface area (Å²) >= 11 is 0. The number of rotatable bonds is 5. The lowest BCUT2D eigenvalue weighted by atomic mass is 10.2. The van der Waals surface area contributed by atoms with Crippen LogP contribution < -0.4 is 10.1 Å². The summed E-state index contributed by atoms with van der Waals surface area (Å²) in [6.45, 7) is 1.38. The number of carbonyl (C=O) groups is 1. The molecule has 0 aromatic heterocycles. The van der Waals surface area contributed by atoms with Gasteiger partial charge in [0.15, 0.2) is 5.70 Å². The first-order valence-corrected chi connectivity index (χ1v) is 6.93. The fourth-order valence-corrected chi connectivity index (χ4v) is 1.81. The van der Waals surface area contributed by atoms with Crippen molar-refractivity contribution in [3.8, 4) is 5.75 Å². The maximum absolute atomic E-state index is 12.3. The number of methoxy groups -OCH3 is 1. The molecule has 2 rings (SSSR count). The van der Waals surface area contributed by atoms with Crippen LogP contribution in [0.15, 0.2) is 76.3 Å². The topological polar surface area (TPSA) is 83.3 Å². The standard InChI is InChI=1S/C17H17N3O3/c1-12(21)16(20-19-13-8-4-3-5-9-13)17(22)18-14-10-6-7-11-15(14)23-2/h3-11,21H,1-2H3,(H,18,22)/b16-12+,20-19?. The Morgan fingerprint density at radius 2 is 1.74 bits per heavy atom. The average Bonchev–Trinajstić information content (AvgIpc) is 2.56. The number of anilines is 1. The summed E-state index contributed by atoms with van der Waals surface area (Å²) in [5, 5.41) is 20.1. The first-order chi connectivity index (χ1) is 11.1. The number of para-hydroxylation sites is 2. The summed E-state index contributed by atoms with van der Waals surface area (Å²) in [6, 6.07) is 15.9. The van der Waals surface area contributed by atoms with E-state index in [1.54, 1.807) is 48.5 Å². The van der Waals surface area contributed by atoms with Crippen molar-refractivity contribution in [3.63, 3.8) is 0 Å². The Morgan fingerprint density at radius 1 is 1.09 bits per heavy atom. The summed E-state index contributed by atoms with van der Waals surface area (Å²) in [7, 11) is 1.51. The van der Waals surface area contributed by atoms with Crippen LogP contribution in [0.3, 0.4) is 0 Å². The molecule has 0 saturated carbocycles. The van der Waals surface area contributed by atoms with E-state index >= 15 is 0 Å². The van der Waals surface area contributed by atoms with Gasteiger partial charge in [-0.3, -0.25) is 4.79 Å². The molecule has 0 bridgehead atoms. The van der Waals surface area contributed by atoms with Crippen LogP contribution in [0, 0.1) is 0 Å². The molecule has 1 amide bonds. The van der Waals surface area contributed by atoms with Crippen molar-refractivity contribution in [1.29, 1.82) is 0 Å². The lowest BCUT2D eigenvalue weighted by molar-refractivity contribution is -0.113. The van der Waals surface area contributed by atoms with Gasteiger partial charge in [-0.05, 0) is 31.2 Å². The highest BCUT2D eigenvalue weighted by atomic mass is 16.5. The van der Waals surface area contributed by atoms with Crippen LogP contribution >= 0.6 is 0 Å². The van der Waals surface area contributed by atoms with Gasteiger partial charge in [-0.25, -0.2) is 0 Å². The third kappa shape index (κ3) is 4.41. The first-order valence-electron chi connectivity index (χ1n) is 6.93. The summed E-state index contributed by atoms with van der Waals surface area (Å²) in [6.07, 6.45) is 0. The molecular formula is C17H17N3O3. The number of carbonyl (C=O) groups excluding carboxylic acids is 1. The molecule has 0 aliphatic carbocycles. The third-order valence-electron chi connectivity index (χ3n) is 2.93. The quantitative estimate of drug-likeness (QED) is 0.493. The zero-order valence-corrected chi connectivity index (χ0v) is 12.9. The molecule has 0 aliphatic rings. The van der Waals surface area contributed by atoms with E-state index in [1.807, 2.05) is 6.07 Å². The Balaban J connectivity index is 2.20. The molecule has 6 nitrogen and oxygen atoms in total. The first kappa shape index (κ1) is 16.2. The molecule has 0 saturated heterocycles. The van der Waals surface area contributed by atoms with Crippen LogP contribution in [0.1, 0.15) is 6.92 Å². The van der Waals surface area contributed by atoms with Crippen LogP contribution in [-0.4, -0.2) is 18.1 Å². The predicted molar refractivity (Wildman–Crippen MR) is 87.9 cm³/mol. The molecule has 23 heavy (non-hydrogen) atoms. The van der Waals surface area contributed by atoms with E-state index in [0.29, 0.717) is 17.1 Å². The molecule has 0 spiro atoms. The molecule has 0 aliphatic heterocycles. The van der Waals surface area contributed by atoms with E-state index in [2.05, 4.69) is 15.5 Å². The number of ether oxygens (including phenoxy) is 1. The second-order valence-corrected chi connectivity index (χ2v) is 4.62. The molecule has 0 atom stereocenters. The third-order valence-corrected chi connectivity index (χ3v) is 2.93. The second kappa shape index (κ2) is 7.74. The SMILES string of the molecule is COc1ccccc1NC(=O)/C(N=Nc1ccccc1)=C(/C)O. The highest BCUT2D eigenvalue weighted by molar-refractivity contribution is 6.04. The maximum Gasteiger partial charge on any atom is 0.279 e. The van der Waals surface area contributed by atoms with Crippen LogP contribution in [0.2, 0.25) is 0 Å². The van der Waals surface area contributed by atoms with Crippen molar-refractivity contribution < 1.29 is 14.6 Å². The summed E-state index contributed by atoms with van der Waals surface area (Å²) < 4.78 is 5.17. The van der Waals surface area contributed by atoms with Gasteiger partial charge < -0.3 is 15.2 Å². The molecule has 0 heterocycles. The predicted octanol–water partition coefficient (Wildman–Crippen LogP) is 4.21. The van der Waals surface area contributed by atoms with Gasteiger partial charge >= 0.3 is 0 Å². The number of nitrogens with zero attached hydrogens (tertiary/aromatic N) is 2. The summed E-state index contributed by atoms with van der Waals surface area (Å²) in [4.78, 5) is 12.3. The number of aliphatic hydroxyl groups excluding tert-OH is 1. The largest absolute Gasteiger partial charge is 0.510 e. The van der Waals surface area contributed by atoms with Gasteiger partial charge in [-0.2, -0.15) is 5.11 Å². The minimum atomic E-state index is -0.575. The number of amides is 1. The second-order valence-electron chi connectivity index (χ2n) is 4.62. The highest BCUT2D eigenvalue weighted by Gasteiger charge is 2.15. The summed E-state index contributed by atoms with van der Waals surface area (Å²) in [5.74, 6) is -0.290. The fourth-order valence-electron chi connectivity index (χ4n) is 1.81. The molecule has 2 aromatic carbocycles. The number of benzene rings is 2. The number of hydrogen-bond acceptors (Lipinski definition) is 5. The van der Waals surface area contributed by atoms with E-state index in [1.165, 1.54) is 14.0 Å². The Morgan fingerprint density at radius 3 is 2.39 bits per heavy atom. The molecule has 6 heteroatoms. The monoisotopic (exact) mass is 311 g/mol. The maximum atomic E-state index is 12.3. The van der Waals surface area contributed by atoms with E-state index in [4.69, 9.17) is 4.74 Å². The number of nitrogens with one attached hydrogen (secondary N) is 1. The van der Waals surface area contributed by atoms with Crippen molar-refractivity contribution >= 4 is 17.3 Å². The van der Waals surface area contributed by atoms with Crippen LogP contribution in [-0.2, 0) is 4.79 Å². The van der Waals surface area contributed by atoms with Crippen molar-refractivity contribution in [1.82, 2.24) is 0 Å². The molecule has 2 aromatic rings. The van der Waals surface area contributed by atoms with Gasteiger partial charge in [-0.15, -0.1) is 5.11 Å². The van der Waals surface area contributed by atoms with Gasteiger partial charge in [0.1, 0.15) is 11.5 Å². The van der Waals surface area contributed by atoms with Gasteiger partial charge in [0, 0.05) is 0 Å². The van der Waals surface area contributed by atoms with E-state index in [9.17, 15) is 9.90 Å². The minimum absolute atomic E-state index is 0.167. The minimum Gasteiger partial charge on any atom is -0.510 e. The van der Waals surface area contributed by atoms with E-state index in [0.717, 1.165) is 0 Å². The number of hydrogen-bond donors (Lipinski definition) is 2. The smallest absolute Gasteiger partial charge is 0.279 e. The van der Waals surface area contributed by atoms with Crippen molar-refractivity contribution in [2.24, 2.45) is 10.2 Å². The van der Waals surface area contributed by atoms with Crippen LogP contribution in [0.5, 0.6) is 5.75 Å². The van der Waals surface area contributed by atoms with E-state index in [-0.39, 0.29) is 11.5 Å². The Bertz CT molecular complexity index is 736. The summed E-state index contributed by atoms with van der Waals surface area (Å²) in [5.41, 5.74) is 0.893. The zero-order chi connectivity index (χ0) is 16.7. The zero-order valence-electron chi connectivity index (χ0n) is 12.9. The van der Waals surface area contributed by atoms with Crippen molar-refractivity contribution in [3.05, 3.63) is 66.1 Å². The van der Waals surface area contributed by atoms with Crippen molar-refractivity contribution in [2.45, 2.75) is 6.92 Å². The van der Waals surface area contributed by atoms with Gasteiger partial charge in [0.05, 0.1) is 18.5 Å². The van der Waals surface area contributed by atoms with Gasteiger partial charge in [0.2, 0.25) is 0 Å². The Labute approximate surface area is 134 Å². The van der Waals surface area contributed by atoms with Crippen LogP contribution in [0.4, 0.5) is 11.4 Å². The van der Waals surface area contributed by atoms with Gasteiger partial charge in [-0.1, -0.05) is 30.3 Å². The molecule has 118 valence electrons. The number of aliphatic hydroxyl groups is 1. The highest BCUT2D eigenvalue weighted by Crippen LogP contribution is 2.24. The molecule has 0 radical (unpaired) electrons. The average molecular weight is 311 g/mol. The normalized spacial score (nSPS) is 11.9. The van der Waals surface area contributed by atoms with E-state index < -0.39 is 5.91 Å². The lowest BCUT2D eigenvalue weighted by Crippen LogP contribution is -2.15. The van der Waals surface area contributed by atoms with Crippen molar-refractivity contribution in [2.75, 3.05) is 12.4 Å². The number of azo groups is 1. The van der Waals surface area contributed by atoms with Crippen LogP contribution in [0.25, 0.3) is 0 Å². The fraction of sp³-hybridized carbons (Fsp3) is 0.118. The molecular weight excluding hydrogens is 294 g/mol. The molecule has 0 fully saturated rings. The molecule has 0 unspecified atom stereocenters. The van der Waals surface area contributed by atoms with Gasteiger partial charge in [0.25, 0.3) is 5.91 Å². The Kier molecular flexibility index (Phi) is 5.46. The molecule has 2 N–H and O–H groups in total. The lowest BCUT2D eigenvalue weighted by Gasteiger charge is -2.09. The number of allylic oxidation sites excluding steroid dienone is 1.